The summed E-state index contributed by atoms with van der Waals surface area (Å²) in [5.41, 5.74) is 0.00576. The molecule has 170 valence electrons. The number of hydrazine groups is 1. The van der Waals surface area contributed by atoms with E-state index in [4.69, 9.17) is 16.4 Å². The number of halogens is 4. The van der Waals surface area contributed by atoms with Crippen LogP contribution in [-0.4, -0.2) is 55.9 Å². The van der Waals surface area contributed by atoms with Crippen LogP contribution in [0.15, 0.2) is 42.6 Å². The van der Waals surface area contributed by atoms with E-state index in [0.717, 1.165) is 21.2 Å². The summed E-state index contributed by atoms with van der Waals surface area (Å²) >= 11 is 6.00. The lowest BCUT2D eigenvalue weighted by molar-refractivity contribution is -0.146. The second-order valence-electron chi connectivity index (χ2n) is 7.25. The third-order valence-electron chi connectivity index (χ3n) is 4.96. The summed E-state index contributed by atoms with van der Waals surface area (Å²) in [6, 6.07) is 10.3. The fourth-order valence-corrected chi connectivity index (χ4v) is 4.71. The van der Waals surface area contributed by atoms with Gasteiger partial charge in [0.05, 0.1) is 35.5 Å². The van der Waals surface area contributed by atoms with Crippen LogP contribution in [0.1, 0.15) is 23.6 Å². The smallest absolute Gasteiger partial charge is 0.294 e. The highest BCUT2D eigenvalue weighted by Crippen LogP contribution is 2.36. The number of hydrogen-bond donors (Lipinski definition) is 0. The van der Waals surface area contributed by atoms with Gasteiger partial charge < -0.3 is 0 Å². The Morgan fingerprint density at radius 1 is 1.29 bits per heavy atom. The van der Waals surface area contributed by atoms with Crippen LogP contribution in [0.3, 0.4) is 0 Å². The van der Waals surface area contributed by atoms with Gasteiger partial charge in [-0.1, -0.05) is 41.9 Å². The minimum absolute atomic E-state index is 0.0642. The van der Waals surface area contributed by atoms with E-state index in [1.165, 1.54) is 7.05 Å². The molecule has 0 aliphatic carbocycles. The lowest BCUT2D eigenvalue weighted by Gasteiger charge is -2.32. The van der Waals surface area contributed by atoms with Crippen LogP contribution in [-0.2, 0) is 21.0 Å². The van der Waals surface area contributed by atoms with Gasteiger partial charge in [0.2, 0.25) is 10.0 Å². The molecule has 12 heteroatoms. The maximum atomic E-state index is 12.9. The number of anilines is 1. The molecular formula is C19H22ClF3N4O3S. The van der Waals surface area contributed by atoms with Gasteiger partial charge in [-0.15, -0.1) is 4.41 Å². The van der Waals surface area contributed by atoms with Crippen molar-refractivity contribution >= 4 is 27.4 Å². The van der Waals surface area contributed by atoms with Gasteiger partial charge in [-0.2, -0.15) is 18.2 Å². The molecule has 1 aromatic carbocycles. The Morgan fingerprint density at radius 2 is 1.94 bits per heavy atom. The molecule has 7 nitrogen and oxygen atoms in total. The van der Waals surface area contributed by atoms with Crippen LogP contribution in [0.25, 0.3) is 0 Å². The van der Waals surface area contributed by atoms with Gasteiger partial charge in [0, 0.05) is 20.3 Å². The number of hydroxylamine groups is 2. The molecule has 1 saturated heterocycles. The molecule has 1 aliphatic rings. The van der Waals surface area contributed by atoms with E-state index in [1.807, 2.05) is 30.3 Å². The largest absolute Gasteiger partial charge is 0.417 e. The second kappa shape index (κ2) is 8.91. The van der Waals surface area contributed by atoms with E-state index in [0.29, 0.717) is 18.7 Å². The number of pyridine rings is 1. The van der Waals surface area contributed by atoms with Crippen molar-refractivity contribution in [2.75, 3.05) is 31.9 Å². The Kier molecular flexibility index (Phi) is 6.82. The van der Waals surface area contributed by atoms with E-state index < -0.39 is 27.9 Å². The van der Waals surface area contributed by atoms with Gasteiger partial charge >= 0.3 is 6.18 Å². The zero-order valence-corrected chi connectivity index (χ0v) is 18.6. The number of rotatable bonds is 6. The van der Waals surface area contributed by atoms with Crippen LogP contribution in [0.5, 0.6) is 0 Å². The molecule has 2 atom stereocenters. The Morgan fingerprint density at radius 3 is 2.48 bits per heavy atom. The predicted molar refractivity (Wildman–Crippen MR) is 111 cm³/mol. The quantitative estimate of drug-likeness (QED) is 0.589. The van der Waals surface area contributed by atoms with Gasteiger partial charge in [0.25, 0.3) is 0 Å². The summed E-state index contributed by atoms with van der Waals surface area (Å²) in [6.07, 6.45) is -2.97. The summed E-state index contributed by atoms with van der Waals surface area (Å²) < 4.78 is 64.6. The molecular weight excluding hydrogens is 457 g/mol. The van der Waals surface area contributed by atoms with Crippen LogP contribution < -0.4 is 5.01 Å². The van der Waals surface area contributed by atoms with E-state index in [1.54, 1.807) is 12.1 Å². The highest BCUT2D eigenvalue weighted by atomic mass is 35.5. The normalized spacial score (nSPS) is 20.4. The number of hydrogen-bond acceptors (Lipinski definition) is 6. The summed E-state index contributed by atoms with van der Waals surface area (Å²) in [4.78, 5) is 9.58. The monoisotopic (exact) mass is 478 g/mol. The Bertz CT molecular complexity index is 1020. The first-order chi connectivity index (χ1) is 14.4. The topological polar surface area (TPSA) is 66.0 Å². The molecule has 0 saturated carbocycles. The van der Waals surface area contributed by atoms with Crippen LogP contribution >= 0.6 is 11.6 Å². The summed E-state index contributed by atoms with van der Waals surface area (Å²) in [6.45, 7) is -0.0674. The standard InChI is InChI=1S/C19H22ClF3N4O3S/c1-25(18-16(20)9-14(11-24-18)19(21,22)23)27(31(3,28)29)12-15-10-17(26(2)30-15)13-7-5-4-6-8-13/h4-9,11,15,17H,10,12H2,1-3H3/t15-,17-/m1/s1. The van der Waals surface area contributed by atoms with Crippen molar-refractivity contribution in [2.45, 2.75) is 24.7 Å². The van der Waals surface area contributed by atoms with Crippen molar-refractivity contribution in [1.82, 2.24) is 14.5 Å². The maximum Gasteiger partial charge on any atom is 0.417 e. The number of benzene rings is 1. The van der Waals surface area contributed by atoms with Crippen molar-refractivity contribution in [3.05, 3.63) is 58.7 Å². The van der Waals surface area contributed by atoms with Gasteiger partial charge in [0.1, 0.15) is 0 Å². The fraction of sp³-hybridized carbons (Fsp3) is 0.421. The summed E-state index contributed by atoms with van der Waals surface area (Å²) in [5.74, 6) is -0.119. The minimum Gasteiger partial charge on any atom is -0.294 e. The van der Waals surface area contributed by atoms with Crippen molar-refractivity contribution in [3.63, 3.8) is 0 Å². The first-order valence-corrected chi connectivity index (χ1v) is 11.5. The van der Waals surface area contributed by atoms with E-state index in [9.17, 15) is 21.6 Å². The zero-order valence-electron chi connectivity index (χ0n) is 17.0. The van der Waals surface area contributed by atoms with E-state index in [-0.39, 0.29) is 23.4 Å². The number of sulfonamides is 1. The molecule has 1 aliphatic heterocycles. The summed E-state index contributed by atoms with van der Waals surface area (Å²) in [7, 11) is -0.680. The molecule has 0 unspecified atom stereocenters. The Labute approximate surface area is 183 Å². The number of aromatic nitrogens is 1. The summed E-state index contributed by atoms with van der Waals surface area (Å²) in [5, 5.41) is 2.47. The molecule has 31 heavy (non-hydrogen) atoms. The molecule has 0 N–H and O–H groups in total. The average Bonchev–Trinajstić information content (AvgIpc) is 3.05. The van der Waals surface area contributed by atoms with Crippen LogP contribution in [0, 0.1) is 0 Å². The third-order valence-corrected chi connectivity index (χ3v) is 6.40. The SMILES string of the molecule is CN1O[C@@H](CN(N(C)c2ncc(C(F)(F)F)cc2Cl)S(C)(=O)=O)C[C@@H]1c1ccccc1. The molecule has 3 rings (SSSR count). The van der Waals surface area contributed by atoms with Crippen molar-refractivity contribution in [2.24, 2.45) is 0 Å². The molecule has 0 amide bonds. The zero-order chi connectivity index (χ0) is 23.0. The van der Waals surface area contributed by atoms with Crippen LogP contribution in [0.4, 0.5) is 19.0 Å². The first kappa shape index (κ1) is 23.7. The van der Waals surface area contributed by atoms with Crippen molar-refractivity contribution in [1.29, 1.82) is 0 Å². The van der Waals surface area contributed by atoms with Crippen LogP contribution in [0.2, 0.25) is 5.02 Å². The molecule has 2 heterocycles. The molecule has 1 fully saturated rings. The highest BCUT2D eigenvalue weighted by Gasteiger charge is 2.37. The Hall–Kier alpha value is -1.92. The third kappa shape index (κ3) is 5.47. The Balaban J connectivity index is 1.82. The van der Waals surface area contributed by atoms with Gasteiger partial charge in [-0.25, -0.2) is 13.4 Å². The van der Waals surface area contributed by atoms with Gasteiger partial charge in [-0.05, 0) is 18.1 Å². The minimum atomic E-state index is -4.61. The predicted octanol–water partition coefficient (Wildman–Crippen LogP) is 3.74. The van der Waals surface area contributed by atoms with E-state index in [2.05, 4.69) is 4.98 Å². The number of nitrogens with zero attached hydrogens (tertiary/aromatic N) is 4. The van der Waals surface area contributed by atoms with Gasteiger partial charge in [0.15, 0.2) is 5.82 Å². The maximum absolute atomic E-state index is 12.9. The fourth-order valence-electron chi connectivity index (χ4n) is 3.46. The highest BCUT2D eigenvalue weighted by molar-refractivity contribution is 7.88. The molecule has 0 spiro atoms. The average molecular weight is 479 g/mol. The first-order valence-electron chi connectivity index (χ1n) is 9.26. The second-order valence-corrected chi connectivity index (χ2v) is 9.55. The van der Waals surface area contributed by atoms with Crippen molar-refractivity contribution in [3.8, 4) is 0 Å². The molecule has 0 radical (unpaired) electrons. The number of alkyl halides is 3. The van der Waals surface area contributed by atoms with Gasteiger partial charge in [-0.3, -0.25) is 9.85 Å². The van der Waals surface area contributed by atoms with E-state index >= 15 is 0 Å². The molecule has 1 aromatic heterocycles. The lowest BCUT2D eigenvalue weighted by Crippen LogP contribution is -2.48. The molecule has 0 bridgehead atoms. The molecule has 2 aromatic rings. The van der Waals surface area contributed by atoms with Crippen molar-refractivity contribution < 1.29 is 26.4 Å². The lowest BCUT2D eigenvalue weighted by atomic mass is 10.0.